The van der Waals surface area contributed by atoms with Crippen LogP contribution in [0.15, 0.2) is 5.16 Å². The highest BCUT2D eigenvalue weighted by Gasteiger charge is 2.44. The third-order valence-electron chi connectivity index (χ3n) is 4.33. The summed E-state index contributed by atoms with van der Waals surface area (Å²) in [5.41, 5.74) is 4.75. The molecule has 0 unspecified atom stereocenters. The van der Waals surface area contributed by atoms with E-state index in [0.29, 0.717) is 12.8 Å². The van der Waals surface area contributed by atoms with E-state index < -0.39 is 5.41 Å². The third-order valence-corrected chi connectivity index (χ3v) is 4.33. The van der Waals surface area contributed by atoms with E-state index >= 15 is 0 Å². The number of oxime groups is 1. The van der Waals surface area contributed by atoms with Gasteiger partial charge in [0.2, 0.25) is 5.91 Å². The Morgan fingerprint density at radius 2 is 1.84 bits per heavy atom. The minimum absolute atomic E-state index is 0.0544. The van der Waals surface area contributed by atoms with Crippen LogP contribution in [-0.4, -0.2) is 22.5 Å². The van der Waals surface area contributed by atoms with Crippen LogP contribution >= 0.6 is 0 Å². The van der Waals surface area contributed by atoms with Crippen molar-refractivity contribution >= 4 is 11.7 Å². The molecular weight excluding hydrogens is 242 g/mol. The lowest BCUT2D eigenvalue weighted by molar-refractivity contribution is -0.130. The summed E-state index contributed by atoms with van der Waals surface area (Å²) in [5.74, 6) is -0.0460. The highest BCUT2D eigenvalue weighted by molar-refractivity contribution is 6.07. The molecule has 0 heterocycles. The van der Waals surface area contributed by atoms with Gasteiger partial charge in [-0.3, -0.25) is 4.79 Å². The van der Waals surface area contributed by atoms with Gasteiger partial charge in [-0.05, 0) is 33.1 Å². The maximum atomic E-state index is 12.7. The number of amides is 1. The van der Waals surface area contributed by atoms with Crippen LogP contribution in [0.25, 0.3) is 0 Å². The highest BCUT2D eigenvalue weighted by Crippen LogP contribution is 2.36. The molecule has 1 rings (SSSR count). The second-order valence-corrected chi connectivity index (χ2v) is 6.17. The molecule has 0 radical (unpaired) electrons. The van der Waals surface area contributed by atoms with Crippen LogP contribution in [0.1, 0.15) is 65.7 Å². The van der Waals surface area contributed by atoms with Crippen LogP contribution < -0.4 is 11.1 Å². The fraction of sp³-hybridized carbons (Fsp3) is 0.857. The van der Waals surface area contributed by atoms with E-state index in [-0.39, 0.29) is 17.3 Å². The normalized spacial score (nSPS) is 20.7. The first-order chi connectivity index (χ1) is 8.88. The van der Waals surface area contributed by atoms with Crippen LogP contribution in [0.2, 0.25) is 0 Å². The molecule has 1 aliphatic rings. The Kier molecular flexibility index (Phi) is 5.20. The Labute approximate surface area is 115 Å². The van der Waals surface area contributed by atoms with Crippen molar-refractivity contribution in [1.82, 2.24) is 5.32 Å². The summed E-state index contributed by atoms with van der Waals surface area (Å²) in [7, 11) is 0. The molecule has 110 valence electrons. The predicted octanol–water partition coefficient (Wildman–Crippen LogP) is 2.38. The molecule has 0 aromatic heterocycles. The predicted molar refractivity (Wildman–Crippen MR) is 76.1 cm³/mol. The average Bonchev–Trinajstić information content (AvgIpc) is 2.64. The first kappa shape index (κ1) is 15.8. The van der Waals surface area contributed by atoms with Crippen molar-refractivity contribution in [3.05, 3.63) is 0 Å². The Morgan fingerprint density at radius 3 is 2.26 bits per heavy atom. The first-order valence-corrected chi connectivity index (χ1v) is 7.18. The minimum Gasteiger partial charge on any atom is -0.409 e. The summed E-state index contributed by atoms with van der Waals surface area (Å²) in [6, 6.07) is 0. The molecule has 0 aromatic rings. The van der Waals surface area contributed by atoms with E-state index in [4.69, 9.17) is 10.9 Å². The smallest absolute Gasteiger partial charge is 0.234 e. The molecule has 0 saturated heterocycles. The quantitative estimate of drug-likeness (QED) is 0.241. The molecule has 0 aliphatic heterocycles. The van der Waals surface area contributed by atoms with E-state index in [0.717, 1.165) is 32.1 Å². The molecule has 0 aromatic carbocycles. The Morgan fingerprint density at radius 1 is 1.32 bits per heavy atom. The fourth-order valence-electron chi connectivity index (χ4n) is 2.54. The summed E-state index contributed by atoms with van der Waals surface area (Å²) in [6.45, 7) is 6.01. The summed E-state index contributed by atoms with van der Waals surface area (Å²) >= 11 is 0. The van der Waals surface area contributed by atoms with Crippen LogP contribution in [0.3, 0.4) is 0 Å². The topological polar surface area (TPSA) is 87.7 Å². The van der Waals surface area contributed by atoms with Gasteiger partial charge in [-0.15, -0.1) is 0 Å². The Bertz CT molecular complexity index is 343. The van der Waals surface area contributed by atoms with Gasteiger partial charge in [0.25, 0.3) is 0 Å². The van der Waals surface area contributed by atoms with Crippen molar-refractivity contribution in [2.75, 3.05) is 0 Å². The van der Waals surface area contributed by atoms with E-state index in [9.17, 15) is 4.79 Å². The first-order valence-electron chi connectivity index (χ1n) is 7.18. The molecule has 1 saturated carbocycles. The molecule has 1 fully saturated rings. The zero-order valence-corrected chi connectivity index (χ0v) is 12.3. The largest absolute Gasteiger partial charge is 0.409 e. The number of nitrogens with two attached hydrogens (primary N) is 1. The van der Waals surface area contributed by atoms with Crippen molar-refractivity contribution in [2.45, 2.75) is 71.3 Å². The molecule has 5 heteroatoms. The zero-order chi connectivity index (χ0) is 14.5. The lowest BCUT2D eigenvalue weighted by Crippen LogP contribution is -2.55. The van der Waals surface area contributed by atoms with Gasteiger partial charge < -0.3 is 16.3 Å². The number of amidine groups is 1. The number of carbonyl (C=O) groups excluding carboxylic acids is 1. The van der Waals surface area contributed by atoms with Crippen molar-refractivity contribution in [2.24, 2.45) is 16.3 Å². The van der Waals surface area contributed by atoms with Gasteiger partial charge in [0, 0.05) is 5.54 Å². The van der Waals surface area contributed by atoms with Gasteiger partial charge in [-0.2, -0.15) is 0 Å². The minimum atomic E-state index is -0.836. The van der Waals surface area contributed by atoms with Crippen molar-refractivity contribution in [1.29, 1.82) is 0 Å². The zero-order valence-electron chi connectivity index (χ0n) is 12.3. The van der Waals surface area contributed by atoms with E-state index in [2.05, 4.69) is 10.5 Å². The Balaban J connectivity index is 2.99. The van der Waals surface area contributed by atoms with Crippen LogP contribution in [0, 0.1) is 5.41 Å². The molecule has 19 heavy (non-hydrogen) atoms. The van der Waals surface area contributed by atoms with Gasteiger partial charge in [0.1, 0.15) is 5.41 Å². The van der Waals surface area contributed by atoms with E-state index in [1.54, 1.807) is 0 Å². The van der Waals surface area contributed by atoms with Gasteiger partial charge in [-0.1, -0.05) is 37.8 Å². The number of nitrogens with one attached hydrogen (secondary N) is 1. The monoisotopic (exact) mass is 269 g/mol. The summed E-state index contributed by atoms with van der Waals surface area (Å²) in [6.07, 6.45) is 6.25. The second kappa shape index (κ2) is 6.26. The van der Waals surface area contributed by atoms with E-state index in [1.165, 1.54) is 0 Å². The van der Waals surface area contributed by atoms with Crippen LogP contribution in [0.5, 0.6) is 0 Å². The average molecular weight is 269 g/mol. The standard InChI is InChI=1S/C14H27N3O2/c1-4-13(2,3)16-12(18)14(11(15)17-19)9-7-5-6-8-10-14/h19H,4-10H2,1-3H3,(H2,15,17)(H,16,18). The maximum absolute atomic E-state index is 12.7. The van der Waals surface area contributed by atoms with Gasteiger partial charge in [0.15, 0.2) is 5.84 Å². The number of carbonyl (C=O) groups is 1. The van der Waals surface area contributed by atoms with Crippen molar-refractivity contribution in [3.8, 4) is 0 Å². The fourth-order valence-corrected chi connectivity index (χ4v) is 2.54. The summed E-state index contributed by atoms with van der Waals surface area (Å²) in [5, 5.41) is 15.2. The molecule has 5 nitrogen and oxygen atoms in total. The Hall–Kier alpha value is -1.26. The SMILES string of the molecule is CCC(C)(C)NC(=O)C1(C(N)=NO)CCCCCC1. The molecule has 0 spiro atoms. The third kappa shape index (κ3) is 3.61. The lowest BCUT2D eigenvalue weighted by atomic mass is 9.77. The molecule has 1 aliphatic carbocycles. The maximum Gasteiger partial charge on any atom is 0.234 e. The van der Waals surface area contributed by atoms with Crippen LogP contribution in [-0.2, 0) is 4.79 Å². The van der Waals surface area contributed by atoms with Crippen LogP contribution in [0.4, 0.5) is 0 Å². The molecule has 0 atom stereocenters. The number of rotatable bonds is 4. The highest BCUT2D eigenvalue weighted by atomic mass is 16.4. The van der Waals surface area contributed by atoms with Crippen molar-refractivity contribution < 1.29 is 10.0 Å². The molecular formula is C14H27N3O2. The summed E-state index contributed by atoms with van der Waals surface area (Å²) < 4.78 is 0. The van der Waals surface area contributed by atoms with Gasteiger partial charge in [0.05, 0.1) is 0 Å². The van der Waals surface area contributed by atoms with Crippen molar-refractivity contribution in [3.63, 3.8) is 0 Å². The molecule has 1 amide bonds. The number of hydrogen-bond acceptors (Lipinski definition) is 3. The molecule has 0 bridgehead atoms. The lowest BCUT2D eigenvalue weighted by Gasteiger charge is -2.34. The number of hydrogen-bond donors (Lipinski definition) is 3. The van der Waals surface area contributed by atoms with E-state index in [1.807, 2.05) is 20.8 Å². The van der Waals surface area contributed by atoms with Gasteiger partial charge >= 0.3 is 0 Å². The number of nitrogens with zero attached hydrogens (tertiary/aromatic N) is 1. The van der Waals surface area contributed by atoms with Gasteiger partial charge in [-0.25, -0.2) is 0 Å². The summed E-state index contributed by atoms with van der Waals surface area (Å²) in [4.78, 5) is 12.7. The molecule has 4 N–H and O–H groups in total. The second-order valence-electron chi connectivity index (χ2n) is 6.17.